The molecule has 0 bridgehead atoms. The lowest BCUT2D eigenvalue weighted by Gasteiger charge is -2.07. The highest BCUT2D eigenvalue weighted by Gasteiger charge is 2.18. The van der Waals surface area contributed by atoms with Crippen LogP contribution >= 0.6 is 27.3 Å². The van der Waals surface area contributed by atoms with Crippen LogP contribution in [0.1, 0.15) is 5.56 Å². The summed E-state index contributed by atoms with van der Waals surface area (Å²) in [5.41, 5.74) is 9.06. The quantitative estimate of drug-likeness (QED) is 0.752. The van der Waals surface area contributed by atoms with Crippen LogP contribution in [0.15, 0.2) is 28.1 Å². The molecule has 82 valence electrons. The van der Waals surface area contributed by atoms with Crippen molar-refractivity contribution in [2.45, 2.75) is 6.42 Å². The Morgan fingerprint density at radius 3 is 3.06 bits per heavy atom. The predicted molar refractivity (Wildman–Crippen MR) is 71.1 cm³/mol. The van der Waals surface area contributed by atoms with E-state index in [4.69, 9.17) is 10.5 Å². The molecule has 0 fully saturated rings. The Morgan fingerprint density at radius 2 is 2.19 bits per heavy atom. The van der Waals surface area contributed by atoms with Crippen molar-refractivity contribution in [3.63, 3.8) is 0 Å². The fraction of sp³-hybridized carbons (Fsp3) is 0.167. The Balaban J connectivity index is 2.27. The summed E-state index contributed by atoms with van der Waals surface area (Å²) >= 11 is 5.27. The summed E-state index contributed by atoms with van der Waals surface area (Å²) in [5, 5.41) is 0. The SMILES string of the molecule is Nc1ccc2c(c1)-c1sc(Br)cc1CCO2. The first-order valence-corrected chi connectivity index (χ1v) is 6.66. The summed E-state index contributed by atoms with van der Waals surface area (Å²) in [6.45, 7) is 0.729. The Morgan fingerprint density at radius 1 is 1.31 bits per heavy atom. The minimum Gasteiger partial charge on any atom is -0.493 e. The van der Waals surface area contributed by atoms with Gasteiger partial charge < -0.3 is 10.5 Å². The van der Waals surface area contributed by atoms with Gasteiger partial charge in [0.25, 0.3) is 0 Å². The second-order valence-corrected chi connectivity index (χ2v) is 6.19. The summed E-state index contributed by atoms with van der Waals surface area (Å²) < 4.78 is 6.88. The van der Waals surface area contributed by atoms with Crippen LogP contribution in [0.2, 0.25) is 0 Å². The second kappa shape index (κ2) is 3.79. The van der Waals surface area contributed by atoms with Gasteiger partial charge in [0.05, 0.1) is 10.4 Å². The molecule has 4 heteroatoms. The Kier molecular flexibility index (Phi) is 2.41. The lowest BCUT2D eigenvalue weighted by Crippen LogP contribution is -1.98. The van der Waals surface area contributed by atoms with Crippen LogP contribution in [-0.4, -0.2) is 6.61 Å². The maximum Gasteiger partial charge on any atom is 0.128 e. The van der Waals surface area contributed by atoms with E-state index >= 15 is 0 Å². The van der Waals surface area contributed by atoms with Crippen molar-refractivity contribution in [3.05, 3.63) is 33.6 Å². The molecule has 1 aliphatic rings. The monoisotopic (exact) mass is 295 g/mol. The normalized spacial score (nSPS) is 13.6. The van der Waals surface area contributed by atoms with Gasteiger partial charge in [-0.1, -0.05) is 0 Å². The van der Waals surface area contributed by atoms with E-state index in [0.717, 1.165) is 33.8 Å². The number of rotatable bonds is 0. The van der Waals surface area contributed by atoms with Gasteiger partial charge in [-0.3, -0.25) is 0 Å². The smallest absolute Gasteiger partial charge is 0.128 e. The number of fused-ring (bicyclic) bond motifs is 3. The van der Waals surface area contributed by atoms with E-state index in [0.29, 0.717) is 0 Å². The van der Waals surface area contributed by atoms with Crippen molar-refractivity contribution < 1.29 is 4.74 Å². The third-order valence-corrected chi connectivity index (χ3v) is 4.37. The molecule has 0 spiro atoms. The van der Waals surface area contributed by atoms with Crippen molar-refractivity contribution in [1.29, 1.82) is 0 Å². The van der Waals surface area contributed by atoms with E-state index in [1.165, 1.54) is 10.4 Å². The highest BCUT2D eigenvalue weighted by molar-refractivity contribution is 9.11. The highest BCUT2D eigenvalue weighted by atomic mass is 79.9. The molecule has 0 atom stereocenters. The second-order valence-electron chi connectivity index (χ2n) is 3.76. The molecule has 0 radical (unpaired) electrons. The van der Waals surface area contributed by atoms with E-state index < -0.39 is 0 Å². The van der Waals surface area contributed by atoms with Crippen molar-refractivity contribution in [3.8, 4) is 16.2 Å². The summed E-state index contributed by atoms with van der Waals surface area (Å²) in [6, 6.07) is 7.99. The Labute approximate surface area is 106 Å². The molecule has 2 aromatic rings. The lowest BCUT2D eigenvalue weighted by atomic mass is 10.1. The molecular formula is C12H10BrNOS. The maximum atomic E-state index is 5.83. The molecule has 2 N–H and O–H groups in total. The fourth-order valence-electron chi connectivity index (χ4n) is 1.93. The first-order chi connectivity index (χ1) is 7.74. The van der Waals surface area contributed by atoms with Gasteiger partial charge in [-0.25, -0.2) is 0 Å². The Bertz CT molecular complexity index is 550. The third-order valence-electron chi connectivity index (χ3n) is 2.66. The predicted octanol–water partition coefficient (Wildman–Crippen LogP) is 3.69. The number of nitrogens with two attached hydrogens (primary N) is 1. The van der Waals surface area contributed by atoms with Crippen LogP contribution in [-0.2, 0) is 6.42 Å². The molecule has 0 saturated heterocycles. The van der Waals surface area contributed by atoms with E-state index in [1.807, 2.05) is 18.2 Å². The van der Waals surface area contributed by atoms with Crippen molar-refractivity contribution >= 4 is 33.0 Å². The maximum absolute atomic E-state index is 5.83. The molecule has 0 amide bonds. The molecule has 1 aromatic carbocycles. The van der Waals surface area contributed by atoms with Gasteiger partial charge in [0.1, 0.15) is 5.75 Å². The molecule has 0 saturated carbocycles. The number of anilines is 1. The molecular weight excluding hydrogens is 286 g/mol. The largest absolute Gasteiger partial charge is 0.493 e. The molecule has 1 aliphatic heterocycles. The summed E-state index contributed by atoms with van der Waals surface area (Å²) in [4.78, 5) is 1.27. The van der Waals surface area contributed by atoms with Gasteiger partial charge in [-0.05, 0) is 45.8 Å². The first-order valence-electron chi connectivity index (χ1n) is 5.05. The molecule has 2 heterocycles. The number of hydrogen-bond acceptors (Lipinski definition) is 3. The van der Waals surface area contributed by atoms with Crippen LogP contribution in [0.4, 0.5) is 5.69 Å². The van der Waals surface area contributed by atoms with Gasteiger partial charge in [0.15, 0.2) is 0 Å². The summed E-state index contributed by atoms with van der Waals surface area (Å²) in [6.07, 6.45) is 0.950. The van der Waals surface area contributed by atoms with Gasteiger partial charge >= 0.3 is 0 Å². The van der Waals surface area contributed by atoms with Gasteiger partial charge in [0, 0.05) is 22.5 Å². The van der Waals surface area contributed by atoms with E-state index in [-0.39, 0.29) is 0 Å². The number of ether oxygens (including phenoxy) is 1. The number of halogens is 1. The molecule has 0 aliphatic carbocycles. The van der Waals surface area contributed by atoms with Crippen LogP contribution < -0.4 is 10.5 Å². The van der Waals surface area contributed by atoms with Crippen LogP contribution in [0.3, 0.4) is 0 Å². The van der Waals surface area contributed by atoms with E-state index in [9.17, 15) is 0 Å². The van der Waals surface area contributed by atoms with Crippen molar-refractivity contribution in [2.24, 2.45) is 0 Å². The summed E-state index contributed by atoms with van der Waals surface area (Å²) in [5.74, 6) is 0.933. The van der Waals surface area contributed by atoms with Crippen LogP contribution in [0.25, 0.3) is 10.4 Å². The van der Waals surface area contributed by atoms with Crippen molar-refractivity contribution in [2.75, 3.05) is 12.3 Å². The number of nitrogen functional groups attached to an aromatic ring is 1. The minimum atomic E-state index is 0.729. The van der Waals surface area contributed by atoms with Gasteiger partial charge in [-0.15, -0.1) is 11.3 Å². The third kappa shape index (κ3) is 1.62. The first kappa shape index (κ1) is 10.2. The standard InChI is InChI=1S/C12H10BrNOS/c13-11-5-7-3-4-15-10-2-1-8(14)6-9(10)12(7)16-11/h1-2,5-6H,3-4,14H2. The zero-order valence-corrected chi connectivity index (χ0v) is 10.9. The number of hydrogen-bond donors (Lipinski definition) is 1. The molecule has 3 rings (SSSR count). The average Bonchev–Trinajstić information content (AvgIpc) is 2.54. The molecule has 2 nitrogen and oxygen atoms in total. The molecule has 1 aromatic heterocycles. The molecule has 16 heavy (non-hydrogen) atoms. The zero-order valence-electron chi connectivity index (χ0n) is 8.50. The van der Waals surface area contributed by atoms with E-state index in [2.05, 4.69) is 22.0 Å². The average molecular weight is 296 g/mol. The minimum absolute atomic E-state index is 0.729. The summed E-state index contributed by atoms with van der Waals surface area (Å²) in [7, 11) is 0. The fourth-order valence-corrected chi connectivity index (χ4v) is 3.65. The number of thiophene rings is 1. The zero-order chi connectivity index (χ0) is 11.1. The topological polar surface area (TPSA) is 35.2 Å². The van der Waals surface area contributed by atoms with Gasteiger partial charge in [-0.2, -0.15) is 0 Å². The van der Waals surface area contributed by atoms with Crippen LogP contribution in [0.5, 0.6) is 5.75 Å². The van der Waals surface area contributed by atoms with E-state index in [1.54, 1.807) is 11.3 Å². The highest BCUT2D eigenvalue weighted by Crippen LogP contribution is 2.42. The Hall–Kier alpha value is -1.00. The molecule has 0 unspecified atom stereocenters. The lowest BCUT2D eigenvalue weighted by molar-refractivity contribution is 0.326. The van der Waals surface area contributed by atoms with Gasteiger partial charge in [0.2, 0.25) is 0 Å². The number of benzene rings is 1. The van der Waals surface area contributed by atoms with Crippen molar-refractivity contribution in [1.82, 2.24) is 0 Å². The van der Waals surface area contributed by atoms with Crippen LogP contribution in [0, 0.1) is 0 Å².